The third-order valence-corrected chi connectivity index (χ3v) is 6.86. The number of ether oxygens (including phenoxy) is 1. The number of aromatic nitrogens is 1. The Hall–Kier alpha value is -3.81. The molecule has 0 saturated carbocycles. The summed E-state index contributed by atoms with van der Waals surface area (Å²) < 4.78 is 36.3. The van der Waals surface area contributed by atoms with Gasteiger partial charge in [0.15, 0.2) is 0 Å². The van der Waals surface area contributed by atoms with E-state index in [9.17, 15) is 13.6 Å². The van der Waals surface area contributed by atoms with Crippen molar-refractivity contribution in [3.05, 3.63) is 120 Å². The molecule has 0 bridgehead atoms. The van der Waals surface area contributed by atoms with Crippen molar-refractivity contribution in [2.45, 2.75) is 52.4 Å². The van der Waals surface area contributed by atoms with Crippen molar-refractivity contribution in [1.29, 1.82) is 0 Å². The summed E-state index contributed by atoms with van der Waals surface area (Å²) >= 11 is 0. The van der Waals surface area contributed by atoms with E-state index in [0.717, 1.165) is 29.0 Å². The van der Waals surface area contributed by atoms with Gasteiger partial charge in [0.05, 0.1) is 6.04 Å². The Morgan fingerprint density at radius 3 is 2.25 bits per heavy atom. The van der Waals surface area contributed by atoms with Gasteiger partial charge >= 0.3 is 5.97 Å². The van der Waals surface area contributed by atoms with Gasteiger partial charge in [-0.25, -0.2) is 8.78 Å². The van der Waals surface area contributed by atoms with Crippen molar-refractivity contribution in [2.75, 3.05) is 6.54 Å². The molecule has 0 aliphatic heterocycles. The quantitative estimate of drug-likeness (QED) is 0.208. The zero-order valence-electron chi connectivity index (χ0n) is 23.2. The molecule has 0 aliphatic rings. The number of carbonyl (C=O) groups is 1. The van der Waals surface area contributed by atoms with E-state index in [-0.39, 0.29) is 23.6 Å². The summed E-state index contributed by atoms with van der Waals surface area (Å²) in [7, 11) is 0. The van der Waals surface area contributed by atoms with Gasteiger partial charge in [-0.2, -0.15) is 0 Å². The van der Waals surface area contributed by atoms with E-state index in [2.05, 4.69) is 30.7 Å². The number of hydrogen-bond donors (Lipinski definition) is 2. The van der Waals surface area contributed by atoms with E-state index in [1.807, 2.05) is 72.9 Å². The second kappa shape index (κ2) is 13.0. The van der Waals surface area contributed by atoms with Crippen LogP contribution in [0.25, 0.3) is 11.1 Å². The Kier molecular flexibility index (Phi) is 9.50. The second-order valence-corrected chi connectivity index (χ2v) is 11.1. The van der Waals surface area contributed by atoms with Gasteiger partial charge in [-0.05, 0) is 53.8 Å². The molecule has 0 amide bonds. The predicted octanol–water partition coefficient (Wildman–Crippen LogP) is 6.62. The smallest absolute Gasteiger partial charge is 0.323 e. The van der Waals surface area contributed by atoms with Crippen LogP contribution in [-0.2, 0) is 22.7 Å². The molecular weight excluding hydrogens is 508 g/mol. The highest BCUT2D eigenvalue weighted by atomic mass is 19.1. The number of nitrogens with two attached hydrogens (primary N) is 1. The first kappa shape index (κ1) is 29.2. The number of esters is 1. The lowest BCUT2D eigenvalue weighted by atomic mass is 9.84. The average Bonchev–Trinajstić information content (AvgIpc) is 3.34. The van der Waals surface area contributed by atoms with Gasteiger partial charge in [0, 0.05) is 29.6 Å². The maximum atomic E-state index is 14.7. The number of nitrogens with one attached hydrogen (secondary N) is 1. The Morgan fingerprint density at radius 1 is 0.950 bits per heavy atom. The van der Waals surface area contributed by atoms with E-state index in [1.165, 1.54) is 6.07 Å². The van der Waals surface area contributed by atoms with Gasteiger partial charge in [-0.15, -0.1) is 0 Å². The lowest BCUT2D eigenvalue weighted by Gasteiger charge is -2.33. The highest BCUT2D eigenvalue weighted by molar-refractivity contribution is 5.75. The summed E-state index contributed by atoms with van der Waals surface area (Å²) in [5.74, 6) is -1.42. The fourth-order valence-corrected chi connectivity index (χ4v) is 4.75. The van der Waals surface area contributed by atoms with E-state index in [4.69, 9.17) is 10.5 Å². The van der Waals surface area contributed by atoms with Crippen molar-refractivity contribution < 1.29 is 18.3 Å². The summed E-state index contributed by atoms with van der Waals surface area (Å²) in [5, 5.41) is 3.58. The number of hydrogen-bond acceptors (Lipinski definition) is 4. The van der Waals surface area contributed by atoms with Crippen LogP contribution >= 0.6 is 0 Å². The predicted molar refractivity (Wildman–Crippen MR) is 154 cm³/mol. The minimum absolute atomic E-state index is 0.172. The second-order valence-electron chi connectivity index (χ2n) is 11.1. The number of benzene rings is 3. The first-order valence-corrected chi connectivity index (χ1v) is 13.5. The van der Waals surface area contributed by atoms with Gasteiger partial charge in [-0.1, -0.05) is 81.4 Å². The summed E-state index contributed by atoms with van der Waals surface area (Å²) in [6.45, 7) is 7.54. The maximum absolute atomic E-state index is 14.7. The lowest BCUT2D eigenvalue weighted by Crippen LogP contribution is -2.39. The molecule has 3 aromatic carbocycles. The van der Waals surface area contributed by atoms with Crippen LogP contribution in [0.4, 0.5) is 8.78 Å². The van der Waals surface area contributed by atoms with Gasteiger partial charge in [0.2, 0.25) is 0 Å². The van der Waals surface area contributed by atoms with Gasteiger partial charge in [0.25, 0.3) is 0 Å². The van der Waals surface area contributed by atoms with Crippen LogP contribution in [0.1, 0.15) is 50.1 Å². The van der Waals surface area contributed by atoms with E-state index >= 15 is 0 Å². The van der Waals surface area contributed by atoms with Crippen LogP contribution < -0.4 is 11.1 Å². The van der Waals surface area contributed by atoms with E-state index in [0.29, 0.717) is 25.1 Å². The van der Waals surface area contributed by atoms with Crippen LogP contribution in [0.15, 0.2) is 91.1 Å². The lowest BCUT2D eigenvalue weighted by molar-refractivity contribution is -0.146. The Morgan fingerprint density at radius 2 is 1.60 bits per heavy atom. The molecular formula is C33H37F2N3O2. The molecule has 0 saturated heterocycles. The number of halogens is 2. The highest BCUT2D eigenvalue weighted by Crippen LogP contribution is 2.37. The molecule has 2 atom stereocenters. The summed E-state index contributed by atoms with van der Waals surface area (Å²) in [6, 6.07) is 23.9. The summed E-state index contributed by atoms with van der Waals surface area (Å²) in [4.78, 5) is 12.5. The third-order valence-electron chi connectivity index (χ3n) is 6.86. The van der Waals surface area contributed by atoms with Crippen molar-refractivity contribution in [1.82, 2.24) is 9.88 Å². The largest absolute Gasteiger partial charge is 0.460 e. The van der Waals surface area contributed by atoms with Crippen LogP contribution in [0.5, 0.6) is 0 Å². The fraction of sp³-hybridized carbons (Fsp3) is 0.303. The van der Waals surface area contributed by atoms with Gasteiger partial charge in [-0.3, -0.25) is 4.79 Å². The highest BCUT2D eigenvalue weighted by Gasteiger charge is 2.30. The molecule has 1 aromatic heterocycles. The van der Waals surface area contributed by atoms with E-state index in [1.54, 1.807) is 0 Å². The molecule has 0 fully saturated rings. The van der Waals surface area contributed by atoms with Gasteiger partial charge in [0.1, 0.15) is 24.3 Å². The zero-order valence-corrected chi connectivity index (χ0v) is 23.2. The summed E-state index contributed by atoms with van der Waals surface area (Å²) in [5.41, 5.74) is 9.64. The molecule has 1 heterocycles. The molecule has 0 spiro atoms. The van der Waals surface area contributed by atoms with Crippen LogP contribution in [0.2, 0.25) is 0 Å². The number of rotatable bonds is 11. The molecule has 4 aromatic rings. The average molecular weight is 546 g/mol. The topological polar surface area (TPSA) is 69.3 Å². The van der Waals surface area contributed by atoms with Crippen molar-refractivity contribution >= 4 is 5.97 Å². The standard InChI is InChI=1S/C33H37F2N3O2/c1-33(2,3)31(37-17-16-29(36)32(39)40-22-24-12-8-5-9-13-24)30-18-25(27-19-26(34)14-15-28(27)35)21-38(30)20-23-10-6-4-7-11-23/h4-15,18-19,21,29,31,37H,16-17,20,22,36H2,1-3H3/t29-,31-/m0/s1. The SMILES string of the molecule is CC(C)(C)[C@@H](NCC[C@H](N)C(=O)OCc1ccccc1)c1cc(-c2cc(F)ccc2F)cn1Cc1ccccc1. The van der Waals surface area contributed by atoms with Crippen LogP contribution in [0, 0.1) is 17.0 Å². The molecule has 5 nitrogen and oxygen atoms in total. The number of nitrogens with zero attached hydrogens (tertiary/aromatic N) is 1. The Balaban J connectivity index is 1.53. The van der Waals surface area contributed by atoms with E-state index < -0.39 is 23.6 Å². The minimum Gasteiger partial charge on any atom is -0.460 e. The Labute approximate surface area is 235 Å². The van der Waals surface area contributed by atoms with Gasteiger partial charge < -0.3 is 20.4 Å². The first-order valence-electron chi connectivity index (χ1n) is 13.5. The van der Waals surface area contributed by atoms with Crippen LogP contribution in [0.3, 0.4) is 0 Å². The van der Waals surface area contributed by atoms with Crippen molar-refractivity contribution in [3.8, 4) is 11.1 Å². The Bertz CT molecular complexity index is 1400. The molecule has 0 aliphatic carbocycles. The fourth-order valence-electron chi connectivity index (χ4n) is 4.75. The normalized spacial score (nSPS) is 13.2. The molecule has 0 unspecified atom stereocenters. The minimum atomic E-state index is -0.773. The monoisotopic (exact) mass is 545 g/mol. The number of carbonyl (C=O) groups excluding carboxylic acids is 1. The van der Waals surface area contributed by atoms with Crippen molar-refractivity contribution in [3.63, 3.8) is 0 Å². The molecule has 210 valence electrons. The molecule has 3 N–H and O–H groups in total. The summed E-state index contributed by atoms with van der Waals surface area (Å²) in [6.07, 6.45) is 2.25. The molecule has 0 radical (unpaired) electrons. The zero-order chi connectivity index (χ0) is 28.7. The molecule has 40 heavy (non-hydrogen) atoms. The maximum Gasteiger partial charge on any atom is 0.323 e. The first-order chi connectivity index (χ1) is 19.1. The third kappa shape index (κ3) is 7.64. The van der Waals surface area contributed by atoms with Crippen LogP contribution in [-0.4, -0.2) is 23.1 Å². The van der Waals surface area contributed by atoms with Crippen molar-refractivity contribution in [2.24, 2.45) is 11.1 Å². The molecule has 7 heteroatoms. The molecule has 4 rings (SSSR count).